The van der Waals surface area contributed by atoms with Crippen LogP contribution in [0.4, 0.5) is 0 Å². The van der Waals surface area contributed by atoms with Crippen LogP contribution in [0.5, 0.6) is 11.5 Å². The van der Waals surface area contributed by atoms with E-state index in [9.17, 15) is 5.11 Å². The van der Waals surface area contributed by atoms with Gasteiger partial charge in [0.25, 0.3) is 0 Å². The molecule has 0 fully saturated rings. The van der Waals surface area contributed by atoms with Crippen LogP contribution in [0.15, 0.2) is 115 Å². The highest BCUT2D eigenvalue weighted by Crippen LogP contribution is 2.41. The SMILES string of the molecule is Oc1ccc(C(Oc2ccccc2)(c2ccccc2)c2ccccc2)cc1. The Morgan fingerprint density at radius 1 is 0.481 bits per heavy atom. The van der Waals surface area contributed by atoms with Crippen molar-refractivity contribution >= 4 is 0 Å². The lowest BCUT2D eigenvalue weighted by molar-refractivity contribution is 0.155. The van der Waals surface area contributed by atoms with Gasteiger partial charge in [-0.25, -0.2) is 0 Å². The van der Waals surface area contributed by atoms with Gasteiger partial charge in [-0.1, -0.05) is 91.0 Å². The number of phenolic OH excluding ortho intramolecular Hbond substituents is 1. The summed E-state index contributed by atoms with van der Waals surface area (Å²) in [5.74, 6) is 1.01. The number of hydrogen-bond acceptors (Lipinski definition) is 2. The number of benzene rings is 4. The summed E-state index contributed by atoms with van der Waals surface area (Å²) in [7, 11) is 0. The summed E-state index contributed by atoms with van der Waals surface area (Å²) < 4.78 is 6.72. The summed E-state index contributed by atoms with van der Waals surface area (Å²) in [6, 6.07) is 37.4. The number of ether oxygens (including phenoxy) is 1. The van der Waals surface area contributed by atoms with Crippen LogP contribution in [0.3, 0.4) is 0 Å². The van der Waals surface area contributed by atoms with E-state index in [4.69, 9.17) is 4.74 Å². The third-order valence-electron chi connectivity index (χ3n) is 4.65. The van der Waals surface area contributed by atoms with E-state index in [2.05, 4.69) is 24.3 Å². The number of aromatic hydroxyl groups is 1. The van der Waals surface area contributed by atoms with Crippen molar-refractivity contribution in [1.29, 1.82) is 0 Å². The molecule has 0 radical (unpaired) electrons. The van der Waals surface area contributed by atoms with E-state index >= 15 is 0 Å². The molecule has 4 aromatic rings. The van der Waals surface area contributed by atoms with Gasteiger partial charge in [-0.2, -0.15) is 0 Å². The quantitative estimate of drug-likeness (QED) is 0.463. The molecule has 0 aliphatic rings. The molecule has 0 heterocycles. The van der Waals surface area contributed by atoms with Gasteiger partial charge in [0.2, 0.25) is 0 Å². The molecule has 4 aromatic carbocycles. The topological polar surface area (TPSA) is 29.5 Å². The number of rotatable bonds is 5. The summed E-state index contributed by atoms with van der Waals surface area (Å²) in [6.45, 7) is 0. The van der Waals surface area contributed by atoms with E-state index in [1.807, 2.05) is 78.9 Å². The van der Waals surface area contributed by atoms with Crippen LogP contribution in [0.1, 0.15) is 16.7 Å². The molecule has 4 rings (SSSR count). The summed E-state index contributed by atoms with van der Waals surface area (Å²) in [6.07, 6.45) is 0. The van der Waals surface area contributed by atoms with Crippen molar-refractivity contribution in [2.75, 3.05) is 0 Å². The van der Waals surface area contributed by atoms with E-state index in [0.717, 1.165) is 22.4 Å². The Balaban J connectivity index is 2.00. The molecule has 0 saturated heterocycles. The van der Waals surface area contributed by atoms with Crippen LogP contribution in [0.2, 0.25) is 0 Å². The summed E-state index contributed by atoms with van der Waals surface area (Å²) >= 11 is 0. The molecule has 0 amide bonds. The zero-order chi connectivity index (χ0) is 18.5. The molecule has 0 aliphatic carbocycles. The Hall–Kier alpha value is -3.52. The second kappa shape index (κ2) is 7.38. The maximum atomic E-state index is 9.81. The van der Waals surface area contributed by atoms with Crippen LogP contribution < -0.4 is 4.74 Å². The zero-order valence-corrected chi connectivity index (χ0v) is 14.8. The van der Waals surface area contributed by atoms with E-state index in [0.29, 0.717) is 0 Å². The van der Waals surface area contributed by atoms with Crippen molar-refractivity contribution in [3.63, 3.8) is 0 Å². The first kappa shape index (κ1) is 16.9. The highest BCUT2D eigenvalue weighted by molar-refractivity contribution is 5.50. The van der Waals surface area contributed by atoms with Gasteiger partial charge in [0, 0.05) is 16.7 Å². The van der Waals surface area contributed by atoms with E-state index in [1.165, 1.54) is 0 Å². The van der Waals surface area contributed by atoms with Crippen molar-refractivity contribution in [2.45, 2.75) is 5.60 Å². The third-order valence-corrected chi connectivity index (χ3v) is 4.65. The Kier molecular flexibility index (Phi) is 4.63. The van der Waals surface area contributed by atoms with Gasteiger partial charge in [-0.15, -0.1) is 0 Å². The molecule has 0 unspecified atom stereocenters. The molecule has 2 heteroatoms. The normalized spacial score (nSPS) is 11.1. The first-order valence-corrected chi connectivity index (χ1v) is 8.94. The molecular formula is C25H20O2. The molecule has 0 aliphatic heterocycles. The smallest absolute Gasteiger partial charge is 0.184 e. The second-order valence-electron chi connectivity index (χ2n) is 6.38. The predicted octanol–water partition coefficient (Wildman–Crippen LogP) is 5.76. The van der Waals surface area contributed by atoms with E-state index in [1.54, 1.807) is 12.1 Å². The number of hydrogen-bond donors (Lipinski definition) is 1. The summed E-state index contributed by atoms with van der Waals surface area (Å²) in [5, 5.41) is 9.81. The lowest BCUT2D eigenvalue weighted by Crippen LogP contribution is -2.36. The fourth-order valence-electron chi connectivity index (χ4n) is 3.38. The largest absolute Gasteiger partial charge is 0.508 e. The lowest BCUT2D eigenvalue weighted by Gasteiger charge is -2.36. The molecule has 27 heavy (non-hydrogen) atoms. The Morgan fingerprint density at radius 3 is 1.37 bits per heavy atom. The fourth-order valence-corrected chi connectivity index (χ4v) is 3.38. The van der Waals surface area contributed by atoms with Gasteiger partial charge >= 0.3 is 0 Å². The predicted molar refractivity (Wildman–Crippen MR) is 108 cm³/mol. The highest BCUT2D eigenvalue weighted by atomic mass is 16.5. The summed E-state index contributed by atoms with van der Waals surface area (Å²) in [5.41, 5.74) is 2.15. The van der Waals surface area contributed by atoms with Crippen molar-refractivity contribution in [2.24, 2.45) is 0 Å². The number of para-hydroxylation sites is 1. The molecule has 0 bridgehead atoms. The van der Waals surface area contributed by atoms with Crippen LogP contribution in [0.25, 0.3) is 0 Å². The average molecular weight is 352 g/mol. The van der Waals surface area contributed by atoms with Crippen molar-refractivity contribution in [1.82, 2.24) is 0 Å². The molecule has 1 N–H and O–H groups in total. The molecule has 0 spiro atoms. The Labute approximate surface area is 159 Å². The molecule has 0 atom stereocenters. The maximum Gasteiger partial charge on any atom is 0.184 e. The molecular weight excluding hydrogens is 332 g/mol. The van der Waals surface area contributed by atoms with Gasteiger partial charge in [0.1, 0.15) is 11.5 Å². The molecule has 2 nitrogen and oxygen atoms in total. The highest BCUT2D eigenvalue weighted by Gasteiger charge is 2.39. The van der Waals surface area contributed by atoms with Crippen molar-refractivity contribution in [3.05, 3.63) is 132 Å². The fraction of sp³-hybridized carbons (Fsp3) is 0.0400. The zero-order valence-electron chi connectivity index (χ0n) is 14.8. The number of phenols is 1. The Morgan fingerprint density at radius 2 is 0.889 bits per heavy atom. The monoisotopic (exact) mass is 352 g/mol. The van der Waals surface area contributed by atoms with Gasteiger partial charge in [-0.05, 0) is 24.3 Å². The minimum absolute atomic E-state index is 0.230. The second-order valence-corrected chi connectivity index (χ2v) is 6.38. The van der Waals surface area contributed by atoms with Crippen LogP contribution in [-0.4, -0.2) is 5.11 Å². The molecule has 0 saturated carbocycles. The van der Waals surface area contributed by atoms with Crippen molar-refractivity contribution < 1.29 is 9.84 Å². The average Bonchev–Trinajstić information content (AvgIpc) is 2.75. The van der Waals surface area contributed by atoms with Crippen LogP contribution in [-0.2, 0) is 5.60 Å². The first-order valence-electron chi connectivity index (χ1n) is 8.94. The van der Waals surface area contributed by atoms with Gasteiger partial charge < -0.3 is 9.84 Å². The lowest BCUT2D eigenvalue weighted by atomic mass is 9.80. The molecule has 132 valence electrons. The minimum Gasteiger partial charge on any atom is -0.508 e. The van der Waals surface area contributed by atoms with Crippen LogP contribution in [0, 0.1) is 0 Å². The van der Waals surface area contributed by atoms with Gasteiger partial charge in [0.15, 0.2) is 5.60 Å². The van der Waals surface area contributed by atoms with Crippen LogP contribution >= 0.6 is 0 Å². The van der Waals surface area contributed by atoms with Gasteiger partial charge in [-0.3, -0.25) is 0 Å². The van der Waals surface area contributed by atoms with Crippen molar-refractivity contribution in [3.8, 4) is 11.5 Å². The third kappa shape index (κ3) is 3.30. The van der Waals surface area contributed by atoms with E-state index in [-0.39, 0.29) is 5.75 Å². The standard InChI is InChI=1S/C25H20O2/c26-23-18-16-22(17-19-23)25(20-10-4-1-5-11-20,21-12-6-2-7-13-21)27-24-14-8-3-9-15-24/h1-19,26H. The minimum atomic E-state index is -0.836. The summed E-state index contributed by atoms with van der Waals surface area (Å²) in [4.78, 5) is 0. The Bertz CT molecular complexity index is 939. The molecule has 0 aromatic heterocycles. The van der Waals surface area contributed by atoms with Gasteiger partial charge in [0.05, 0.1) is 0 Å². The van der Waals surface area contributed by atoms with E-state index < -0.39 is 5.60 Å². The maximum absolute atomic E-state index is 9.81. The first-order chi connectivity index (χ1) is 13.3.